The van der Waals surface area contributed by atoms with E-state index in [1.165, 1.54) is 16.9 Å². The molecule has 2 heterocycles. The number of benzene rings is 3. The normalized spacial score (nSPS) is 13.3. The summed E-state index contributed by atoms with van der Waals surface area (Å²) in [4.78, 5) is 32.4. The Morgan fingerprint density at radius 2 is 1.57 bits per heavy atom. The Balaban J connectivity index is 1.40. The lowest BCUT2D eigenvalue weighted by atomic mass is 10.0. The molecule has 9 heteroatoms. The summed E-state index contributed by atoms with van der Waals surface area (Å²) >= 11 is 3.74. The van der Waals surface area contributed by atoms with Crippen LogP contribution in [0.2, 0.25) is 0 Å². The Labute approximate surface area is 225 Å². The molecule has 6 rings (SSSR count). The number of carbonyl (C=O) groups excluding carboxylic acids is 2. The van der Waals surface area contributed by atoms with E-state index in [-0.39, 0.29) is 17.1 Å². The van der Waals surface area contributed by atoms with E-state index >= 15 is 0 Å². The van der Waals surface area contributed by atoms with Crippen LogP contribution in [-0.2, 0) is 0 Å². The molecule has 2 aromatic heterocycles. The van der Waals surface area contributed by atoms with Crippen molar-refractivity contribution in [2.75, 3.05) is 0 Å². The van der Waals surface area contributed by atoms with E-state index < -0.39 is 0 Å². The third kappa shape index (κ3) is 3.69. The molecule has 172 valence electrons. The van der Waals surface area contributed by atoms with Crippen molar-refractivity contribution < 1.29 is 14.0 Å². The van der Waals surface area contributed by atoms with Gasteiger partial charge in [-0.15, -0.1) is 39.1 Å². The van der Waals surface area contributed by atoms with Gasteiger partial charge in [0.25, 0.3) is 0 Å². The lowest BCUT2D eigenvalue weighted by molar-refractivity contribution is 0.0990. The number of oxazole rings is 1. The molecule has 0 fully saturated rings. The Hall–Kier alpha value is -1.81. The minimum atomic E-state index is -0.239. The second-order valence-corrected chi connectivity index (χ2v) is 12.2. The zero-order chi connectivity index (χ0) is 24.6. The molecule has 3 unspecified atom stereocenters. The van der Waals surface area contributed by atoms with Crippen molar-refractivity contribution in [1.29, 1.82) is 0 Å². The van der Waals surface area contributed by atoms with Gasteiger partial charge >= 0.3 is 0 Å². The fourth-order valence-corrected chi connectivity index (χ4v) is 7.55. The van der Waals surface area contributed by atoms with E-state index in [2.05, 4.69) is 57.2 Å². The maximum atomic E-state index is 13.1. The fraction of sp³-hybridized carbons (Fsp3) is 0.0385. The smallest absolute Gasteiger partial charge is 0.229 e. The van der Waals surface area contributed by atoms with Crippen LogP contribution in [0.4, 0.5) is 0 Å². The Morgan fingerprint density at radius 3 is 2.17 bits per heavy atom. The maximum absolute atomic E-state index is 13.1. The highest BCUT2D eigenvalue weighted by atomic mass is 127. The number of hydrogen-bond acceptors (Lipinski definition) is 5. The Kier molecular flexibility index (Phi) is 5.82. The number of carbonyl (C=O) groups is 2. The zero-order valence-corrected chi connectivity index (χ0v) is 24.7. The molecule has 0 radical (unpaired) electrons. The zero-order valence-electron chi connectivity index (χ0n) is 18.3. The van der Waals surface area contributed by atoms with E-state index in [0.29, 0.717) is 22.6 Å². The summed E-state index contributed by atoms with van der Waals surface area (Å²) in [6.07, 6.45) is 1.66. The number of rotatable bonds is 2. The van der Waals surface area contributed by atoms with Gasteiger partial charge in [-0.05, 0) is 80.0 Å². The van der Waals surface area contributed by atoms with Crippen molar-refractivity contribution in [3.63, 3.8) is 0 Å². The standard InChI is InChI=1S/C26H17INO3P3S/c1-10-19(27)23(33)18(24(34)22(10)32)25-28-26-17(31-25)9-13(35-26)8-16-20(29)14-6-11-4-2-3-5-12(11)7-15(14)21(16)30/h2-9H,32-34H2,1H3. The van der Waals surface area contributed by atoms with Crippen LogP contribution in [0, 0.1) is 10.5 Å². The van der Waals surface area contributed by atoms with E-state index in [4.69, 9.17) is 9.40 Å². The van der Waals surface area contributed by atoms with Crippen molar-refractivity contribution in [1.82, 2.24) is 4.98 Å². The molecule has 0 spiro atoms. The average Bonchev–Trinajstić information content (AvgIpc) is 3.48. The first-order valence-electron chi connectivity index (χ1n) is 10.6. The Bertz CT molecular complexity index is 1680. The van der Waals surface area contributed by atoms with Gasteiger partial charge in [-0.2, -0.15) is 4.98 Å². The summed E-state index contributed by atoms with van der Waals surface area (Å²) in [5.41, 5.74) is 3.88. The van der Waals surface area contributed by atoms with Gasteiger partial charge < -0.3 is 4.42 Å². The van der Waals surface area contributed by atoms with Crippen LogP contribution in [-0.4, -0.2) is 16.6 Å². The summed E-state index contributed by atoms with van der Waals surface area (Å²) in [6.45, 7) is 2.09. The highest BCUT2D eigenvalue weighted by Gasteiger charge is 2.33. The van der Waals surface area contributed by atoms with Crippen molar-refractivity contribution in [3.05, 3.63) is 73.2 Å². The van der Waals surface area contributed by atoms with Gasteiger partial charge in [0.15, 0.2) is 22.0 Å². The lowest BCUT2D eigenvalue weighted by Crippen LogP contribution is -2.26. The minimum Gasteiger partial charge on any atom is -0.435 e. The van der Waals surface area contributed by atoms with Crippen LogP contribution in [0.3, 0.4) is 0 Å². The van der Waals surface area contributed by atoms with E-state index in [0.717, 1.165) is 45.5 Å². The predicted octanol–water partition coefficient (Wildman–Crippen LogP) is 5.59. The van der Waals surface area contributed by atoms with Crippen molar-refractivity contribution in [2.24, 2.45) is 0 Å². The first kappa shape index (κ1) is 23.6. The molecule has 3 aromatic carbocycles. The molecule has 1 aliphatic carbocycles. The molecule has 3 atom stereocenters. The van der Waals surface area contributed by atoms with E-state index in [1.807, 2.05) is 42.5 Å². The molecule has 1 aliphatic rings. The highest BCUT2D eigenvalue weighted by molar-refractivity contribution is 14.1. The summed E-state index contributed by atoms with van der Waals surface area (Å²) in [6, 6.07) is 13.2. The molecular formula is C26H17INO3P3S. The first-order valence-corrected chi connectivity index (χ1v) is 14.2. The van der Waals surface area contributed by atoms with Crippen molar-refractivity contribution >= 4 is 116 Å². The number of ketones is 2. The number of Topliss-reactive ketones (excluding diaryl/α,β-unsaturated/α-hetero) is 2. The van der Waals surface area contributed by atoms with Crippen LogP contribution in [0.5, 0.6) is 0 Å². The van der Waals surface area contributed by atoms with Gasteiger partial charge in [0.1, 0.15) is 0 Å². The molecule has 0 saturated heterocycles. The molecule has 35 heavy (non-hydrogen) atoms. The third-order valence-corrected chi connectivity index (χ3v) is 11.5. The molecule has 5 aromatic rings. The lowest BCUT2D eigenvalue weighted by Gasteiger charge is -2.14. The largest absolute Gasteiger partial charge is 0.435 e. The number of thiophene rings is 1. The van der Waals surface area contributed by atoms with Crippen LogP contribution in [0.15, 0.2) is 52.5 Å². The number of fused-ring (bicyclic) bond motifs is 3. The van der Waals surface area contributed by atoms with Crippen LogP contribution >= 0.6 is 61.6 Å². The monoisotopic (exact) mass is 643 g/mol. The van der Waals surface area contributed by atoms with Crippen LogP contribution < -0.4 is 15.9 Å². The topological polar surface area (TPSA) is 60.2 Å². The summed E-state index contributed by atoms with van der Waals surface area (Å²) < 4.78 is 7.29. The number of halogens is 1. The van der Waals surface area contributed by atoms with Crippen molar-refractivity contribution in [3.8, 4) is 11.5 Å². The minimum absolute atomic E-state index is 0.180. The van der Waals surface area contributed by atoms with Gasteiger partial charge in [0, 0.05) is 25.6 Å². The quantitative estimate of drug-likeness (QED) is 0.109. The second-order valence-electron chi connectivity index (χ2n) is 8.35. The summed E-state index contributed by atoms with van der Waals surface area (Å²) in [7, 11) is 8.39. The van der Waals surface area contributed by atoms with Gasteiger partial charge in [-0.1, -0.05) is 24.3 Å². The summed E-state index contributed by atoms with van der Waals surface area (Å²) in [5.74, 6) is 0.0723. The molecule has 0 saturated carbocycles. The van der Waals surface area contributed by atoms with Gasteiger partial charge in [-0.25, -0.2) is 0 Å². The maximum Gasteiger partial charge on any atom is 0.229 e. The number of hydrogen-bond donors (Lipinski definition) is 0. The average molecular weight is 643 g/mol. The molecule has 0 amide bonds. The second kappa shape index (κ2) is 8.64. The molecular weight excluding hydrogens is 626 g/mol. The van der Waals surface area contributed by atoms with Crippen LogP contribution in [0.25, 0.3) is 38.7 Å². The van der Waals surface area contributed by atoms with E-state index in [1.54, 1.807) is 6.08 Å². The number of allylic oxidation sites excluding steroid dienone is 1. The SMILES string of the molecule is Cc1c(P)c(P)c(-c2nc3sc(C=C4C(=O)c5cc6ccccc6cc5C4=O)cc3o2)c(P)c1I. The van der Waals surface area contributed by atoms with Crippen LogP contribution in [0.1, 0.15) is 31.2 Å². The fourth-order valence-electron chi connectivity index (χ4n) is 4.36. The predicted molar refractivity (Wildman–Crippen MR) is 163 cm³/mol. The molecule has 4 nitrogen and oxygen atoms in total. The number of aromatic nitrogens is 1. The van der Waals surface area contributed by atoms with Gasteiger partial charge in [0.05, 0.1) is 11.1 Å². The number of nitrogens with zero attached hydrogens (tertiary/aromatic N) is 1. The molecule has 0 bridgehead atoms. The third-order valence-electron chi connectivity index (χ3n) is 6.27. The Morgan fingerprint density at radius 1 is 0.943 bits per heavy atom. The van der Waals surface area contributed by atoms with Gasteiger partial charge in [-0.3, -0.25) is 9.59 Å². The van der Waals surface area contributed by atoms with Crippen molar-refractivity contribution in [2.45, 2.75) is 6.92 Å². The van der Waals surface area contributed by atoms with E-state index in [9.17, 15) is 9.59 Å². The molecule has 0 N–H and O–H groups in total. The summed E-state index contributed by atoms with van der Waals surface area (Å²) in [5, 5.41) is 5.07. The highest BCUT2D eigenvalue weighted by Crippen LogP contribution is 2.35. The molecule has 0 aliphatic heterocycles. The van der Waals surface area contributed by atoms with Gasteiger partial charge in [0.2, 0.25) is 5.89 Å². The first-order chi connectivity index (χ1) is 16.7.